The summed E-state index contributed by atoms with van der Waals surface area (Å²) in [6, 6.07) is 6.50. The number of anilines is 1. The lowest BCUT2D eigenvalue weighted by Crippen LogP contribution is -2.27. The number of rotatable bonds is 3. The quantitative estimate of drug-likeness (QED) is 0.908. The summed E-state index contributed by atoms with van der Waals surface area (Å²) in [5, 5.41) is 2.88. The van der Waals surface area contributed by atoms with Crippen molar-refractivity contribution in [1.29, 1.82) is 0 Å². The number of hydrogen-bond acceptors (Lipinski definition) is 3. The van der Waals surface area contributed by atoms with Gasteiger partial charge in [0.05, 0.1) is 4.88 Å². The zero-order valence-electron chi connectivity index (χ0n) is 14.6. The lowest BCUT2D eigenvalue weighted by atomic mass is 9.87. The van der Waals surface area contributed by atoms with Crippen LogP contribution in [-0.2, 0) is 17.6 Å². The van der Waals surface area contributed by atoms with Crippen LogP contribution in [0.4, 0.5) is 10.1 Å². The monoisotopic (exact) mass is 360 g/mol. The topological polar surface area (TPSA) is 49.4 Å². The molecule has 1 aromatic carbocycles. The summed E-state index contributed by atoms with van der Waals surface area (Å²) in [7, 11) is 3.48. The molecule has 0 saturated carbocycles. The lowest BCUT2D eigenvalue weighted by molar-refractivity contribution is -0.120. The van der Waals surface area contributed by atoms with Gasteiger partial charge < -0.3 is 10.2 Å². The van der Waals surface area contributed by atoms with Crippen LogP contribution in [0.1, 0.15) is 32.1 Å². The highest BCUT2D eigenvalue weighted by Crippen LogP contribution is 2.33. The standard InChI is InChI=1S/C19H21FN2O2S/c1-11-8-14(5-6-15(11)20)21-18(23)12-4-7-16-13(9-12)10-17(25-16)19(24)22(2)3/h5-6,8,10,12H,4,7,9H2,1-3H3,(H,21,23). The minimum atomic E-state index is -0.281. The van der Waals surface area contributed by atoms with Crippen LogP contribution in [0.5, 0.6) is 0 Å². The SMILES string of the molecule is Cc1cc(NC(=O)C2CCc3sc(C(=O)N(C)C)cc3C2)ccc1F. The van der Waals surface area contributed by atoms with Crippen LogP contribution >= 0.6 is 11.3 Å². The highest BCUT2D eigenvalue weighted by molar-refractivity contribution is 7.14. The van der Waals surface area contributed by atoms with Gasteiger partial charge in [-0.1, -0.05) is 0 Å². The Bertz CT molecular complexity index is 829. The zero-order chi connectivity index (χ0) is 18.1. The van der Waals surface area contributed by atoms with Gasteiger partial charge in [0.1, 0.15) is 5.82 Å². The third-order valence-electron chi connectivity index (χ3n) is 4.50. The van der Waals surface area contributed by atoms with Gasteiger partial charge >= 0.3 is 0 Å². The summed E-state index contributed by atoms with van der Waals surface area (Å²) in [6.45, 7) is 1.67. The predicted octanol–water partition coefficient (Wildman–Crippen LogP) is 3.64. The number of fused-ring (bicyclic) bond motifs is 1. The van der Waals surface area contributed by atoms with Crippen molar-refractivity contribution < 1.29 is 14.0 Å². The molecule has 4 nitrogen and oxygen atoms in total. The molecular formula is C19H21FN2O2S. The third-order valence-corrected chi connectivity index (χ3v) is 5.72. The summed E-state index contributed by atoms with van der Waals surface area (Å²) < 4.78 is 13.3. The Labute approximate surface area is 150 Å². The summed E-state index contributed by atoms with van der Waals surface area (Å²) in [5.74, 6) is -0.461. The molecule has 0 fully saturated rings. The maximum Gasteiger partial charge on any atom is 0.263 e. The summed E-state index contributed by atoms with van der Waals surface area (Å²) >= 11 is 1.53. The molecule has 1 aromatic heterocycles. The van der Waals surface area contributed by atoms with E-state index in [0.717, 1.165) is 23.3 Å². The van der Waals surface area contributed by atoms with E-state index in [0.29, 0.717) is 17.7 Å². The van der Waals surface area contributed by atoms with Crippen LogP contribution in [0.3, 0.4) is 0 Å². The van der Waals surface area contributed by atoms with E-state index in [1.54, 1.807) is 38.1 Å². The minimum Gasteiger partial charge on any atom is -0.344 e. The molecule has 25 heavy (non-hydrogen) atoms. The van der Waals surface area contributed by atoms with Crippen molar-refractivity contribution in [3.63, 3.8) is 0 Å². The van der Waals surface area contributed by atoms with Gasteiger partial charge in [0.2, 0.25) is 5.91 Å². The zero-order valence-corrected chi connectivity index (χ0v) is 15.4. The normalized spacial score (nSPS) is 16.2. The van der Waals surface area contributed by atoms with Crippen LogP contribution in [0.25, 0.3) is 0 Å². The first kappa shape index (κ1) is 17.6. The number of halogens is 1. The van der Waals surface area contributed by atoms with Crippen molar-refractivity contribution in [3.05, 3.63) is 51.0 Å². The van der Waals surface area contributed by atoms with E-state index in [-0.39, 0.29) is 23.5 Å². The van der Waals surface area contributed by atoms with Crippen LogP contribution < -0.4 is 5.32 Å². The van der Waals surface area contributed by atoms with Gasteiger partial charge in [0.15, 0.2) is 0 Å². The van der Waals surface area contributed by atoms with Crippen molar-refractivity contribution in [1.82, 2.24) is 4.90 Å². The highest BCUT2D eigenvalue weighted by Gasteiger charge is 2.27. The molecule has 1 atom stereocenters. The Hall–Kier alpha value is -2.21. The molecule has 0 spiro atoms. The largest absolute Gasteiger partial charge is 0.344 e. The molecule has 132 valence electrons. The Balaban J connectivity index is 1.70. The van der Waals surface area contributed by atoms with E-state index in [4.69, 9.17) is 0 Å². The number of nitrogens with one attached hydrogen (secondary N) is 1. The van der Waals surface area contributed by atoms with Crippen LogP contribution in [-0.4, -0.2) is 30.8 Å². The van der Waals surface area contributed by atoms with Crippen LogP contribution in [0.2, 0.25) is 0 Å². The number of carbonyl (C=O) groups excluding carboxylic acids is 2. The van der Waals surface area contributed by atoms with Gasteiger partial charge in [-0.2, -0.15) is 0 Å². The minimum absolute atomic E-state index is 0.00203. The molecule has 1 aliphatic carbocycles. The average Bonchev–Trinajstić information content (AvgIpc) is 3.00. The van der Waals surface area contributed by atoms with E-state index in [1.165, 1.54) is 22.3 Å². The van der Waals surface area contributed by atoms with Gasteiger partial charge in [-0.3, -0.25) is 9.59 Å². The number of nitrogens with zero attached hydrogens (tertiary/aromatic N) is 1. The first-order chi connectivity index (χ1) is 11.8. The Morgan fingerprint density at radius 3 is 2.72 bits per heavy atom. The van der Waals surface area contributed by atoms with Gasteiger partial charge in [-0.05, 0) is 61.6 Å². The molecule has 6 heteroatoms. The highest BCUT2D eigenvalue weighted by atomic mass is 32.1. The Morgan fingerprint density at radius 1 is 1.28 bits per heavy atom. The lowest BCUT2D eigenvalue weighted by Gasteiger charge is -2.21. The number of aryl methyl sites for hydroxylation is 2. The Morgan fingerprint density at radius 2 is 2.04 bits per heavy atom. The maximum atomic E-state index is 13.3. The van der Waals surface area contributed by atoms with Crippen LogP contribution in [0, 0.1) is 18.7 Å². The average molecular weight is 360 g/mol. The number of amides is 2. The number of thiophene rings is 1. The second kappa shape index (κ2) is 6.96. The number of carbonyl (C=O) groups is 2. The fourth-order valence-electron chi connectivity index (χ4n) is 3.04. The van der Waals surface area contributed by atoms with E-state index in [2.05, 4.69) is 5.32 Å². The van der Waals surface area contributed by atoms with Gasteiger partial charge in [0, 0.05) is 30.6 Å². The van der Waals surface area contributed by atoms with E-state index < -0.39 is 0 Å². The van der Waals surface area contributed by atoms with Crippen molar-refractivity contribution in [2.24, 2.45) is 5.92 Å². The molecule has 0 aliphatic heterocycles. The summed E-state index contributed by atoms with van der Waals surface area (Å²) in [5.41, 5.74) is 2.22. The fourth-order valence-corrected chi connectivity index (χ4v) is 4.27. The molecule has 1 aliphatic rings. The molecule has 2 aromatic rings. The second-order valence-corrected chi connectivity index (χ2v) is 7.79. The fraction of sp³-hybridized carbons (Fsp3) is 0.368. The third kappa shape index (κ3) is 3.74. The molecule has 0 radical (unpaired) electrons. The van der Waals surface area contributed by atoms with Crippen molar-refractivity contribution in [2.45, 2.75) is 26.2 Å². The summed E-state index contributed by atoms with van der Waals surface area (Å²) in [4.78, 5) is 28.1. The summed E-state index contributed by atoms with van der Waals surface area (Å²) in [6.07, 6.45) is 2.20. The molecule has 1 heterocycles. The molecule has 3 rings (SSSR count). The van der Waals surface area contributed by atoms with E-state index in [1.807, 2.05) is 6.07 Å². The van der Waals surface area contributed by atoms with Crippen molar-refractivity contribution in [2.75, 3.05) is 19.4 Å². The predicted molar refractivity (Wildman–Crippen MR) is 97.6 cm³/mol. The first-order valence-electron chi connectivity index (χ1n) is 8.25. The van der Waals surface area contributed by atoms with Crippen LogP contribution in [0.15, 0.2) is 24.3 Å². The molecule has 0 bridgehead atoms. The van der Waals surface area contributed by atoms with Gasteiger partial charge in [0.25, 0.3) is 5.91 Å². The van der Waals surface area contributed by atoms with Crippen molar-refractivity contribution in [3.8, 4) is 0 Å². The second-order valence-electron chi connectivity index (χ2n) is 6.65. The molecular weight excluding hydrogens is 339 g/mol. The number of benzene rings is 1. The molecule has 1 unspecified atom stereocenters. The van der Waals surface area contributed by atoms with Crippen molar-refractivity contribution >= 4 is 28.8 Å². The number of hydrogen-bond donors (Lipinski definition) is 1. The van der Waals surface area contributed by atoms with E-state index in [9.17, 15) is 14.0 Å². The maximum absolute atomic E-state index is 13.3. The molecule has 0 saturated heterocycles. The van der Waals surface area contributed by atoms with E-state index >= 15 is 0 Å². The Kier molecular flexibility index (Phi) is 4.90. The van der Waals surface area contributed by atoms with Gasteiger partial charge in [-0.15, -0.1) is 11.3 Å². The smallest absolute Gasteiger partial charge is 0.263 e. The van der Waals surface area contributed by atoms with Gasteiger partial charge in [-0.25, -0.2) is 4.39 Å². The molecule has 2 amide bonds. The first-order valence-corrected chi connectivity index (χ1v) is 9.07. The molecule has 1 N–H and O–H groups in total.